The summed E-state index contributed by atoms with van der Waals surface area (Å²) >= 11 is 0. The van der Waals surface area contributed by atoms with Crippen molar-refractivity contribution in [3.63, 3.8) is 0 Å². The summed E-state index contributed by atoms with van der Waals surface area (Å²) in [5, 5.41) is 11.0. The van der Waals surface area contributed by atoms with Gasteiger partial charge in [-0.15, -0.1) is 0 Å². The third-order valence-electron chi connectivity index (χ3n) is 4.76. The van der Waals surface area contributed by atoms with Crippen LogP contribution in [0.25, 0.3) is 10.8 Å². The van der Waals surface area contributed by atoms with E-state index in [1.165, 1.54) is 0 Å². The summed E-state index contributed by atoms with van der Waals surface area (Å²) in [6, 6.07) is 14.3. The summed E-state index contributed by atoms with van der Waals surface area (Å²) in [4.78, 5) is 23.4. The highest BCUT2D eigenvalue weighted by Gasteiger charge is 2.26. The minimum absolute atomic E-state index is 0.0561. The molecule has 2 atom stereocenters. The number of urea groups is 1. The summed E-state index contributed by atoms with van der Waals surface area (Å²) in [6.45, 7) is 2.01. The highest BCUT2D eigenvalue weighted by Crippen LogP contribution is 2.23. The lowest BCUT2D eigenvalue weighted by Crippen LogP contribution is -2.30. The van der Waals surface area contributed by atoms with Crippen LogP contribution in [-0.4, -0.2) is 24.0 Å². The monoisotopic (exact) mass is 339 g/mol. The highest BCUT2D eigenvalue weighted by atomic mass is 16.2. The summed E-state index contributed by atoms with van der Waals surface area (Å²) in [7, 11) is 0. The third kappa shape index (κ3) is 4.50. The van der Waals surface area contributed by atoms with Crippen molar-refractivity contribution in [2.45, 2.75) is 51.1 Å². The Morgan fingerprint density at radius 2 is 1.84 bits per heavy atom. The Balaban J connectivity index is 1.40. The summed E-state index contributed by atoms with van der Waals surface area (Å²) < 4.78 is 0. The van der Waals surface area contributed by atoms with E-state index in [0.717, 1.165) is 42.1 Å². The van der Waals surface area contributed by atoms with Crippen molar-refractivity contribution >= 4 is 28.4 Å². The van der Waals surface area contributed by atoms with Crippen molar-refractivity contribution in [1.82, 2.24) is 10.6 Å². The Bertz CT molecular complexity index is 754. The number of fused-ring (bicyclic) bond motifs is 1. The second-order valence-corrected chi connectivity index (χ2v) is 6.69. The molecule has 1 heterocycles. The van der Waals surface area contributed by atoms with Gasteiger partial charge in [0, 0.05) is 23.5 Å². The molecule has 3 rings (SSSR count). The molecule has 3 N–H and O–H groups in total. The fourth-order valence-electron chi connectivity index (χ4n) is 3.34. The summed E-state index contributed by atoms with van der Waals surface area (Å²) in [6.07, 6.45) is 4.33. The van der Waals surface area contributed by atoms with E-state index in [2.05, 4.69) is 16.0 Å². The molecule has 2 aromatic carbocycles. The number of amides is 3. The summed E-state index contributed by atoms with van der Waals surface area (Å²) in [5.41, 5.74) is 0.872. The van der Waals surface area contributed by atoms with Crippen LogP contribution in [0, 0.1) is 0 Å². The lowest BCUT2D eigenvalue weighted by molar-refractivity contribution is -0.116. The molecule has 0 unspecified atom stereocenters. The van der Waals surface area contributed by atoms with Gasteiger partial charge in [0.05, 0.1) is 6.04 Å². The standard InChI is InChI=1S/C20H25N3O2/c1-14-17(23-20(25)21-14)11-3-2-4-13-19(24)22-18-12-7-9-15-8-5-6-10-16(15)18/h5-10,12,14,17H,2-4,11,13H2,1H3,(H,22,24)(H2,21,23,25)/t14-,17-/m1/s1. The molecule has 5 nitrogen and oxygen atoms in total. The number of carbonyl (C=O) groups is 2. The zero-order chi connectivity index (χ0) is 17.6. The molecule has 5 heteroatoms. The molecule has 2 aromatic rings. The first-order chi connectivity index (χ1) is 12.1. The predicted octanol–water partition coefficient (Wildman–Crippen LogP) is 3.80. The van der Waals surface area contributed by atoms with Crippen molar-refractivity contribution in [2.75, 3.05) is 5.32 Å². The van der Waals surface area contributed by atoms with E-state index in [9.17, 15) is 9.59 Å². The first-order valence-corrected chi connectivity index (χ1v) is 8.98. The molecule has 0 aliphatic carbocycles. The minimum Gasteiger partial charge on any atom is -0.334 e. The molecule has 0 aromatic heterocycles. The van der Waals surface area contributed by atoms with E-state index >= 15 is 0 Å². The van der Waals surface area contributed by atoms with Crippen LogP contribution in [-0.2, 0) is 4.79 Å². The molecular weight excluding hydrogens is 314 g/mol. The first-order valence-electron chi connectivity index (χ1n) is 8.98. The van der Waals surface area contributed by atoms with E-state index in [-0.39, 0.29) is 24.0 Å². The average molecular weight is 339 g/mol. The SMILES string of the molecule is C[C@H]1NC(=O)N[C@@H]1CCCCCC(=O)Nc1cccc2ccccc12. The molecule has 1 fully saturated rings. The van der Waals surface area contributed by atoms with E-state index in [1.54, 1.807) is 0 Å². The van der Waals surface area contributed by atoms with Crippen LogP contribution in [0.3, 0.4) is 0 Å². The van der Waals surface area contributed by atoms with Crippen LogP contribution in [0.5, 0.6) is 0 Å². The quantitative estimate of drug-likeness (QED) is 0.672. The summed E-state index contributed by atoms with van der Waals surface area (Å²) in [5.74, 6) is 0.0561. The number of hydrogen-bond acceptors (Lipinski definition) is 2. The Morgan fingerprint density at radius 1 is 1.04 bits per heavy atom. The first kappa shape index (κ1) is 17.3. The number of hydrogen-bond donors (Lipinski definition) is 3. The van der Waals surface area contributed by atoms with Crippen molar-refractivity contribution in [1.29, 1.82) is 0 Å². The average Bonchev–Trinajstić information content (AvgIpc) is 2.92. The number of unbranched alkanes of at least 4 members (excludes halogenated alkanes) is 2. The highest BCUT2D eigenvalue weighted by molar-refractivity contribution is 6.02. The normalized spacial score (nSPS) is 19.5. The topological polar surface area (TPSA) is 70.2 Å². The van der Waals surface area contributed by atoms with Gasteiger partial charge in [-0.25, -0.2) is 4.79 Å². The Kier molecular flexibility index (Phi) is 5.53. The molecule has 0 saturated carbocycles. The number of anilines is 1. The van der Waals surface area contributed by atoms with Crippen LogP contribution >= 0.6 is 0 Å². The second-order valence-electron chi connectivity index (χ2n) is 6.69. The lowest BCUT2D eigenvalue weighted by atomic mass is 10.0. The van der Waals surface area contributed by atoms with Crippen molar-refractivity contribution in [3.8, 4) is 0 Å². The van der Waals surface area contributed by atoms with Gasteiger partial charge in [-0.3, -0.25) is 4.79 Å². The second kappa shape index (κ2) is 8.01. The van der Waals surface area contributed by atoms with E-state index in [0.29, 0.717) is 6.42 Å². The van der Waals surface area contributed by atoms with Gasteiger partial charge in [0.1, 0.15) is 0 Å². The van der Waals surface area contributed by atoms with Gasteiger partial charge in [0.25, 0.3) is 0 Å². The zero-order valence-corrected chi connectivity index (χ0v) is 14.5. The molecule has 132 valence electrons. The molecule has 1 aliphatic heterocycles. The van der Waals surface area contributed by atoms with Gasteiger partial charge < -0.3 is 16.0 Å². The number of nitrogens with one attached hydrogen (secondary N) is 3. The minimum atomic E-state index is -0.0769. The van der Waals surface area contributed by atoms with E-state index < -0.39 is 0 Å². The van der Waals surface area contributed by atoms with Crippen LogP contribution < -0.4 is 16.0 Å². The van der Waals surface area contributed by atoms with Gasteiger partial charge in [-0.1, -0.05) is 49.2 Å². The molecule has 0 bridgehead atoms. The Morgan fingerprint density at radius 3 is 2.64 bits per heavy atom. The van der Waals surface area contributed by atoms with Crippen molar-refractivity contribution in [2.24, 2.45) is 0 Å². The molecule has 25 heavy (non-hydrogen) atoms. The third-order valence-corrected chi connectivity index (χ3v) is 4.76. The van der Waals surface area contributed by atoms with E-state index in [1.807, 2.05) is 49.4 Å². The van der Waals surface area contributed by atoms with Gasteiger partial charge in [0.15, 0.2) is 0 Å². The predicted molar refractivity (Wildman–Crippen MR) is 101 cm³/mol. The van der Waals surface area contributed by atoms with Gasteiger partial charge in [-0.2, -0.15) is 0 Å². The van der Waals surface area contributed by atoms with E-state index in [4.69, 9.17) is 0 Å². The molecular formula is C20H25N3O2. The van der Waals surface area contributed by atoms with Crippen molar-refractivity contribution in [3.05, 3.63) is 42.5 Å². The molecule has 0 radical (unpaired) electrons. The number of benzene rings is 2. The smallest absolute Gasteiger partial charge is 0.315 e. The maximum absolute atomic E-state index is 12.2. The Hall–Kier alpha value is -2.56. The van der Waals surface area contributed by atoms with Crippen LogP contribution in [0.1, 0.15) is 39.0 Å². The molecule has 1 saturated heterocycles. The maximum atomic E-state index is 12.2. The zero-order valence-electron chi connectivity index (χ0n) is 14.5. The van der Waals surface area contributed by atoms with Gasteiger partial charge >= 0.3 is 6.03 Å². The molecule has 0 spiro atoms. The van der Waals surface area contributed by atoms with Gasteiger partial charge in [-0.05, 0) is 31.2 Å². The van der Waals surface area contributed by atoms with Crippen LogP contribution in [0.2, 0.25) is 0 Å². The van der Waals surface area contributed by atoms with Crippen LogP contribution in [0.15, 0.2) is 42.5 Å². The number of rotatable bonds is 7. The van der Waals surface area contributed by atoms with Gasteiger partial charge in [0.2, 0.25) is 5.91 Å². The molecule has 3 amide bonds. The molecule has 1 aliphatic rings. The van der Waals surface area contributed by atoms with Crippen LogP contribution in [0.4, 0.5) is 10.5 Å². The fraction of sp³-hybridized carbons (Fsp3) is 0.400. The lowest BCUT2D eigenvalue weighted by Gasteiger charge is -2.13. The Labute approximate surface area is 148 Å². The van der Waals surface area contributed by atoms with Crippen molar-refractivity contribution < 1.29 is 9.59 Å². The fourth-order valence-corrected chi connectivity index (χ4v) is 3.34. The maximum Gasteiger partial charge on any atom is 0.315 e. The largest absolute Gasteiger partial charge is 0.334 e. The number of carbonyl (C=O) groups excluding carboxylic acids is 2.